The van der Waals surface area contributed by atoms with Crippen LogP contribution in [0.1, 0.15) is 30.0 Å². The van der Waals surface area contributed by atoms with Crippen LogP contribution >= 0.6 is 0 Å². The Morgan fingerprint density at radius 2 is 1.64 bits per heavy atom. The third-order valence-electron chi connectivity index (χ3n) is 5.30. The predicted octanol–water partition coefficient (Wildman–Crippen LogP) is 3.25. The van der Waals surface area contributed by atoms with Crippen molar-refractivity contribution >= 4 is 6.03 Å². The van der Waals surface area contributed by atoms with Crippen molar-refractivity contribution in [1.29, 1.82) is 0 Å². The topological polar surface area (TPSA) is 47.6 Å². The Kier molecular flexibility index (Phi) is 7.88. The van der Waals surface area contributed by atoms with Gasteiger partial charge in [-0.25, -0.2) is 4.79 Å². The van der Waals surface area contributed by atoms with E-state index in [0.29, 0.717) is 13.1 Å². The molecule has 1 aliphatic heterocycles. The molecule has 1 aliphatic rings. The molecule has 0 spiro atoms. The van der Waals surface area contributed by atoms with Crippen LogP contribution in [0.3, 0.4) is 0 Å². The van der Waals surface area contributed by atoms with Crippen molar-refractivity contribution in [3.63, 3.8) is 0 Å². The molecular formula is C23H32N4O. The largest absolute Gasteiger partial charge is 0.337 e. The summed E-state index contributed by atoms with van der Waals surface area (Å²) in [5.41, 5.74) is 2.55. The van der Waals surface area contributed by atoms with Gasteiger partial charge in [-0.3, -0.25) is 4.90 Å². The summed E-state index contributed by atoms with van der Waals surface area (Å²) in [5.74, 6) is 0. The molecule has 5 nitrogen and oxygen atoms in total. The highest BCUT2D eigenvalue weighted by Gasteiger charge is 2.23. The molecule has 3 rings (SSSR count). The predicted molar refractivity (Wildman–Crippen MR) is 114 cm³/mol. The normalized spacial score (nSPS) is 15.5. The lowest BCUT2D eigenvalue weighted by molar-refractivity contribution is 0.219. The van der Waals surface area contributed by atoms with Gasteiger partial charge in [0, 0.05) is 26.2 Å². The molecule has 0 aromatic heterocycles. The van der Waals surface area contributed by atoms with E-state index in [9.17, 15) is 4.79 Å². The fourth-order valence-electron chi connectivity index (χ4n) is 3.77. The summed E-state index contributed by atoms with van der Waals surface area (Å²) < 4.78 is 0. The van der Waals surface area contributed by atoms with Crippen LogP contribution in [-0.4, -0.2) is 55.6 Å². The molecule has 2 aromatic carbocycles. The van der Waals surface area contributed by atoms with E-state index in [1.54, 1.807) is 0 Å². The van der Waals surface area contributed by atoms with Gasteiger partial charge < -0.3 is 15.5 Å². The zero-order chi connectivity index (χ0) is 19.6. The number of carbonyl (C=O) groups excluding carboxylic acids is 1. The Balaban J connectivity index is 1.41. The first kappa shape index (κ1) is 20.4. The molecule has 1 fully saturated rings. The standard InChI is InChI=1S/C23H32N4O/c1-26(19-20-10-4-2-5-11-20)17-14-24-23(28)25-18-22(27-15-8-9-16-27)21-12-6-3-7-13-21/h2-7,10-13,22H,8-9,14-19H2,1H3,(H2,24,25,28). The second kappa shape index (κ2) is 10.8. The molecule has 0 saturated carbocycles. The van der Waals surface area contributed by atoms with Crippen LogP contribution in [0, 0.1) is 0 Å². The molecule has 1 heterocycles. The van der Waals surface area contributed by atoms with E-state index in [-0.39, 0.29) is 12.1 Å². The monoisotopic (exact) mass is 380 g/mol. The Morgan fingerprint density at radius 3 is 2.32 bits per heavy atom. The highest BCUT2D eigenvalue weighted by molar-refractivity contribution is 5.73. The first-order valence-electron chi connectivity index (χ1n) is 10.3. The Labute approximate surface area is 168 Å². The van der Waals surface area contributed by atoms with E-state index in [1.165, 1.54) is 24.0 Å². The van der Waals surface area contributed by atoms with Crippen LogP contribution in [0.25, 0.3) is 0 Å². The molecular weight excluding hydrogens is 348 g/mol. The Hall–Kier alpha value is -2.37. The average molecular weight is 381 g/mol. The van der Waals surface area contributed by atoms with Gasteiger partial charge in [0.05, 0.1) is 6.04 Å². The molecule has 1 atom stereocenters. The number of hydrogen-bond acceptors (Lipinski definition) is 3. The number of amides is 2. The molecule has 2 aromatic rings. The van der Waals surface area contributed by atoms with Gasteiger partial charge in [-0.05, 0) is 44.1 Å². The van der Waals surface area contributed by atoms with Crippen LogP contribution < -0.4 is 10.6 Å². The molecule has 1 unspecified atom stereocenters. The van der Waals surface area contributed by atoms with E-state index in [2.05, 4.69) is 76.0 Å². The van der Waals surface area contributed by atoms with Crippen molar-refractivity contribution in [2.75, 3.05) is 39.8 Å². The summed E-state index contributed by atoms with van der Waals surface area (Å²) >= 11 is 0. The van der Waals surface area contributed by atoms with Crippen molar-refractivity contribution in [1.82, 2.24) is 20.4 Å². The molecule has 0 radical (unpaired) electrons. The van der Waals surface area contributed by atoms with Crippen molar-refractivity contribution in [2.24, 2.45) is 0 Å². The van der Waals surface area contributed by atoms with E-state index in [4.69, 9.17) is 0 Å². The van der Waals surface area contributed by atoms with Gasteiger partial charge in [0.25, 0.3) is 0 Å². The molecule has 1 saturated heterocycles. The van der Waals surface area contributed by atoms with E-state index in [0.717, 1.165) is 26.2 Å². The molecule has 2 N–H and O–H groups in total. The number of likely N-dealkylation sites (tertiary alicyclic amines) is 1. The van der Waals surface area contributed by atoms with Gasteiger partial charge >= 0.3 is 6.03 Å². The number of nitrogens with zero attached hydrogens (tertiary/aromatic N) is 2. The number of urea groups is 1. The van der Waals surface area contributed by atoms with Gasteiger partial charge in [-0.15, -0.1) is 0 Å². The maximum atomic E-state index is 12.3. The number of carbonyl (C=O) groups is 1. The fourth-order valence-corrected chi connectivity index (χ4v) is 3.77. The van der Waals surface area contributed by atoms with Crippen LogP contribution in [0.5, 0.6) is 0 Å². The molecule has 2 amide bonds. The summed E-state index contributed by atoms with van der Waals surface area (Å²) in [6.45, 7) is 5.18. The second-order valence-electron chi connectivity index (χ2n) is 7.53. The summed E-state index contributed by atoms with van der Waals surface area (Å²) in [6, 6.07) is 21.0. The van der Waals surface area contributed by atoms with Crippen LogP contribution in [0.4, 0.5) is 4.79 Å². The van der Waals surface area contributed by atoms with Gasteiger partial charge in [0.2, 0.25) is 0 Å². The number of hydrogen-bond donors (Lipinski definition) is 2. The minimum atomic E-state index is -0.0896. The Bertz CT molecular complexity index is 701. The van der Waals surface area contributed by atoms with Gasteiger partial charge in [0.15, 0.2) is 0 Å². The molecule has 28 heavy (non-hydrogen) atoms. The minimum absolute atomic E-state index is 0.0896. The second-order valence-corrected chi connectivity index (χ2v) is 7.53. The first-order chi connectivity index (χ1) is 13.7. The lowest BCUT2D eigenvalue weighted by Gasteiger charge is -2.28. The average Bonchev–Trinajstić information content (AvgIpc) is 3.24. The summed E-state index contributed by atoms with van der Waals surface area (Å²) in [6.07, 6.45) is 2.48. The summed E-state index contributed by atoms with van der Waals surface area (Å²) in [5, 5.41) is 6.06. The number of nitrogens with one attached hydrogen (secondary N) is 2. The first-order valence-corrected chi connectivity index (χ1v) is 10.3. The Morgan fingerprint density at radius 1 is 1.00 bits per heavy atom. The van der Waals surface area contributed by atoms with Gasteiger partial charge in [-0.1, -0.05) is 60.7 Å². The van der Waals surface area contributed by atoms with Crippen LogP contribution in [-0.2, 0) is 6.54 Å². The lowest BCUT2D eigenvalue weighted by Crippen LogP contribution is -2.43. The summed E-state index contributed by atoms with van der Waals surface area (Å²) in [7, 11) is 2.07. The third kappa shape index (κ3) is 6.36. The number of benzene rings is 2. The lowest BCUT2D eigenvalue weighted by atomic mass is 10.1. The van der Waals surface area contributed by atoms with Crippen LogP contribution in [0.15, 0.2) is 60.7 Å². The zero-order valence-corrected chi connectivity index (χ0v) is 16.8. The third-order valence-corrected chi connectivity index (χ3v) is 5.30. The van der Waals surface area contributed by atoms with Gasteiger partial charge in [-0.2, -0.15) is 0 Å². The fraction of sp³-hybridized carbons (Fsp3) is 0.435. The SMILES string of the molecule is CN(CCNC(=O)NCC(c1ccccc1)N1CCCC1)Cc1ccccc1. The minimum Gasteiger partial charge on any atom is -0.337 e. The number of likely N-dealkylation sites (N-methyl/N-ethyl adjacent to an activating group) is 1. The van der Waals surface area contributed by atoms with E-state index >= 15 is 0 Å². The molecule has 150 valence electrons. The highest BCUT2D eigenvalue weighted by atomic mass is 16.2. The van der Waals surface area contributed by atoms with Crippen molar-refractivity contribution < 1.29 is 4.79 Å². The maximum absolute atomic E-state index is 12.3. The molecule has 0 bridgehead atoms. The maximum Gasteiger partial charge on any atom is 0.314 e. The quantitative estimate of drug-likeness (QED) is 0.702. The smallest absolute Gasteiger partial charge is 0.314 e. The van der Waals surface area contributed by atoms with Crippen molar-refractivity contribution in [2.45, 2.75) is 25.4 Å². The van der Waals surface area contributed by atoms with Crippen molar-refractivity contribution in [3.05, 3.63) is 71.8 Å². The molecule has 5 heteroatoms. The van der Waals surface area contributed by atoms with E-state index < -0.39 is 0 Å². The summed E-state index contributed by atoms with van der Waals surface area (Å²) in [4.78, 5) is 17.0. The van der Waals surface area contributed by atoms with Gasteiger partial charge in [0.1, 0.15) is 0 Å². The van der Waals surface area contributed by atoms with Crippen molar-refractivity contribution in [3.8, 4) is 0 Å². The zero-order valence-electron chi connectivity index (χ0n) is 16.8. The van der Waals surface area contributed by atoms with Crippen LogP contribution in [0.2, 0.25) is 0 Å². The highest BCUT2D eigenvalue weighted by Crippen LogP contribution is 2.24. The number of rotatable bonds is 9. The van der Waals surface area contributed by atoms with E-state index in [1.807, 2.05) is 12.1 Å². The molecule has 0 aliphatic carbocycles.